The normalized spacial score (nSPS) is 10.7. The zero-order chi connectivity index (χ0) is 16.1. The molecule has 5 nitrogen and oxygen atoms in total. The number of aryl methyl sites for hydroxylation is 1. The number of thiophene rings is 1. The molecule has 7 heteroatoms. The van der Waals surface area contributed by atoms with Crippen LogP contribution in [0.3, 0.4) is 0 Å². The molecule has 2 aromatic heterocycles. The van der Waals surface area contributed by atoms with E-state index >= 15 is 0 Å². The number of hydrogen-bond donors (Lipinski definition) is 1. The molecule has 0 aliphatic heterocycles. The van der Waals surface area contributed by atoms with E-state index in [1.54, 1.807) is 23.5 Å². The summed E-state index contributed by atoms with van der Waals surface area (Å²) in [7, 11) is 0. The first-order valence-corrected chi connectivity index (χ1v) is 8.39. The van der Waals surface area contributed by atoms with Gasteiger partial charge in [-0.2, -0.15) is 4.98 Å². The summed E-state index contributed by atoms with van der Waals surface area (Å²) < 4.78 is 5.20. The molecule has 3 rings (SSSR count). The molecule has 0 bridgehead atoms. The number of halogens is 1. The first-order chi connectivity index (χ1) is 11.2. The van der Waals surface area contributed by atoms with Gasteiger partial charge in [-0.3, -0.25) is 4.79 Å². The molecule has 1 N–H and O–H groups in total. The van der Waals surface area contributed by atoms with Crippen molar-refractivity contribution in [3.05, 3.63) is 52.7 Å². The number of para-hydroxylation sites is 1. The molecule has 118 valence electrons. The second-order valence-electron chi connectivity index (χ2n) is 4.87. The van der Waals surface area contributed by atoms with Crippen LogP contribution in [0.4, 0.5) is 5.69 Å². The van der Waals surface area contributed by atoms with Gasteiger partial charge >= 0.3 is 0 Å². The molecule has 0 atom stereocenters. The summed E-state index contributed by atoms with van der Waals surface area (Å²) in [5, 5.41) is 9.22. The van der Waals surface area contributed by atoms with Crippen molar-refractivity contribution in [3.8, 4) is 10.7 Å². The van der Waals surface area contributed by atoms with Gasteiger partial charge in [0.05, 0.1) is 15.6 Å². The van der Waals surface area contributed by atoms with Crippen molar-refractivity contribution >= 4 is 34.5 Å². The topological polar surface area (TPSA) is 68.0 Å². The predicted molar refractivity (Wildman–Crippen MR) is 90.6 cm³/mol. The van der Waals surface area contributed by atoms with Crippen molar-refractivity contribution in [2.75, 3.05) is 5.32 Å². The van der Waals surface area contributed by atoms with Crippen LogP contribution in [0.2, 0.25) is 5.02 Å². The molecule has 0 fully saturated rings. The third kappa shape index (κ3) is 4.18. The van der Waals surface area contributed by atoms with E-state index in [-0.39, 0.29) is 5.91 Å². The van der Waals surface area contributed by atoms with Gasteiger partial charge in [-0.1, -0.05) is 35.0 Å². The van der Waals surface area contributed by atoms with Crippen LogP contribution in [0.15, 0.2) is 46.3 Å². The predicted octanol–water partition coefficient (Wildman–Crippen LogP) is 4.41. The number of amides is 1. The van der Waals surface area contributed by atoms with Gasteiger partial charge in [-0.25, -0.2) is 0 Å². The molecule has 1 aromatic carbocycles. The Hall–Kier alpha value is -2.18. The van der Waals surface area contributed by atoms with Gasteiger partial charge in [0.25, 0.3) is 0 Å². The fourth-order valence-corrected chi connectivity index (χ4v) is 2.87. The Morgan fingerprint density at radius 1 is 1.26 bits per heavy atom. The molecule has 0 aliphatic carbocycles. The van der Waals surface area contributed by atoms with Gasteiger partial charge in [0, 0.05) is 12.8 Å². The van der Waals surface area contributed by atoms with E-state index in [0.29, 0.717) is 41.7 Å². The molecular weight excluding hydrogens is 334 g/mol. The number of rotatable bonds is 6. The Kier molecular flexibility index (Phi) is 5.05. The van der Waals surface area contributed by atoms with E-state index in [1.807, 2.05) is 29.6 Å². The van der Waals surface area contributed by atoms with Crippen LogP contribution in [0.1, 0.15) is 18.7 Å². The highest BCUT2D eigenvalue weighted by Gasteiger charge is 2.10. The van der Waals surface area contributed by atoms with Gasteiger partial charge in [-0.05, 0) is 30.0 Å². The van der Waals surface area contributed by atoms with E-state index in [0.717, 1.165) is 4.88 Å². The summed E-state index contributed by atoms with van der Waals surface area (Å²) in [5.41, 5.74) is 0.622. The Morgan fingerprint density at radius 3 is 2.91 bits per heavy atom. The second-order valence-corrected chi connectivity index (χ2v) is 6.23. The quantitative estimate of drug-likeness (QED) is 0.717. The highest BCUT2D eigenvalue weighted by Crippen LogP contribution is 2.22. The summed E-state index contributed by atoms with van der Waals surface area (Å²) in [6.07, 6.45) is 1.55. The Bertz CT molecular complexity index is 786. The lowest BCUT2D eigenvalue weighted by Crippen LogP contribution is -2.11. The molecular formula is C16H14ClN3O2S. The average molecular weight is 348 g/mol. The fraction of sp³-hybridized carbons (Fsp3) is 0.188. The Labute approximate surface area is 142 Å². The van der Waals surface area contributed by atoms with E-state index in [1.165, 1.54) is 0 Å². The third-order valence-corrected chi connectivity index (χ3v) is 4.35. The molecule has 2 heterocycles. The van der Waals surface area contributed by atoms with Crippen LogP contribution in [0.25, 0.3) is 10.7 Å². The van der Waals surface area contributed by atoms with Gasteiger partial charge in [0.15, 0.2) is 0 Å². The zero-order valence-corrected chi connectivity index (χ0v) is 13.7. The Balaban J connectivity index is 1.48. The number of aromatic nitrogens is 2. The third-order valence-electron chi connectivity index (χ3n) is 3.15. The van der Waals surface area contributed by atoms with Crippen molar-refractivity contribution < 1.29 is 9.32 Å². The maximum absolute atomic E-state index is 11.9. The molecule has 0 unspecified atom stereocenters. The summed E-state index contributed by atoms with van der Waals surface area (Å²) >= 11 is 7.56. The van der Waals surface area contributed by atoms with Crippen molar-refractivity contribution in [2.45, 2.75) is 19.3 Å². The van der Waals surface area contributed by atoms with Crippen LogP contribution in [-0.2, 0) is 11.2 Å². The first kappa shape index (κ1) is 15.7. The summed E-state index contributed by atoms with van der Waals surface area (Å²) in [5.74, 6) is 1.05. The monoisotopic (exact) mass is 347 g/mol. The molecule has 1 amide bonds. The summed E-state index contributed by atoms with van der Waals surface area (Å²) in [6, 6.07) is 11.0. The lowest BCUT2D eigenvalue weighted by Gasteiger charge is -2.06. The fourth-order valence-electron chi connectivity index (χ4n) is 2.04. The van der Waals surface area contributed by atoms with Crippen molar-refractivity contribution in [1.29, 1.82) is 0 Å². The van der Waals surface area contributed by atoms with E-state index in [4.69, 9.17) is 16.1 Å². The molecule has 0 saturated carbocycles. The molecule has 0 saturated heterocycles. The maximum Gasteiger partial charge on any atom is 0.226 e. The number of nitrogens with one attached hydrogen (secondary N) is 1. The number of nitrogens with zero attached hydrogens (tertiary/aromatic N) is 2. The maximum atomic E-state index is 11.9. The van der Waals surface area contributed by atoms with Crippen LogP contribution < -0.4 is 5.32 Å². The average Bonchev–Trinajstić information content (AvgIpc) is 3.20. The van der Waals surface area contributed by atoms with E-state index < -0.39 is 0 Å². The molecule has 0 aliphatic rings. The minimum Gasteiger partial charge on any atom is -0.339 e. The van der Waals surface area contributed by atoms with Gasteiger partial charge in [-0.15, -0.1) is 11.3 Å². The number of benzene rings is 1. The van der Waals surface area contributed by atoms with Crippen LogP contribution in [-0.4, -0.2) is 16.0 Å². The molecule has 3 aromatic rings. The second kappa shape index (κ2) is 7.39. The molecule has 0 radical (unpaired) electrons. The summed E-state index contributed by atoms with van der Waals surface area (Å²) in [4.78, 5) is 17.2. The minimum absolute atomic E-state index is 0.0869. The van der Waals surface area contributed by atoms with Gasteiger partial charge in [0.2, 0.25) is 17.6 Å². The smallest absolute Gasteiger partial charge is 0.226 e. The highest BCUT2D eigenvalue weighted by atomic mass is 35.5. The largest absolute Gasteiger partial charge is 0.339 e. The number of anilines is 1. The number of carbonyl (C=O) groups is 1. The Morgan fingerprint density at radius 2 is 2.13 bits per heavy atom. The van der Waals surface area contributed by atoms with E-state index in [2.05, 4.69) is 15.5 Å². The lowest BCUT2D eigenvalue weighted by molar-refractivity contribution is -0.116. The van der Waals surface area contributed by atoms with Gasteiger partial charge < -0.3 is 9.84 Å². The standard InChI is InChI=1S/C16H14ClN3O2S/c17-11-5-1-2-6-12(11)18-14(21)8-3-9-15-19-16(20-22-15)13-7-4-10-23-13/h1-2,4-7,10H,3,8-9H2,(H,18,21). The van der Waals surface area contributed by atoms with Crippen molar-refractivity contribution in [3.63, 3.8) is 0 Å². The molecule has 23 heavy (non-hydrogen) atoms. The summed E-state index contributed by atoms with van der Waals surface area (Å²) in [6.45, 7) is 0. The van der Waals surface area contributed by atoms with E-state index in [9.17, 15) is 4.79 Å². The van der Waals surface area contributed by atoms with Crippen molar-refractivity contribution in [2.24, 2.45) is 0 Å². The van der Waals surface area contributed by atoms with Crippen LogP contribution >= 0.6 is 22.9 Å². The first-order valence-electron chi connectivity index (χ1n) is 7.13. The highest BCUT2D eigenvalue weighted by molar-refractivity contribution is 7.13. The minimum atomic E-state index is -0.0869. The van der Waals surface area contributed by atoms with Crippen LogP contribution in [0.5, 0.6) is 0 Å². The SMILES string of the molecule is O=C(CCCc1nc(-c2cccs2)no1)Nc1ccccc1Cl. The van der Waals surface area contributed by atoms with Crippen LogP contribution in [0, 0.1) is 0 Å². The zero-order valence-electron chi connectivity index (χ0n) is 12.2. The lowest BCUT2D eigenvalue weighted by atomic mass is 10.2. The number of carbonyl (C=O) groups excluding carboxylic acids is 1. The number of hydrogen-bond acceptors (Lipinski definition) is 5. The van der Waals surface area contributed by atoms with Gasteiger partial charge in [0.1, 0.15) is 0 Å². The molecule has 0 spiro atoms. The van der Waals surface area contributed by atoms with Crippen molar-refractivity contribution in [1.82, 2.24) is 10.1 Å².